The summed E-state index contributed by atoms with van der Waals surface area (Å²) in [6, 6.07) is 12.8. The summed E-state index contributed by atoms with van der Waals surface area (Å²) in [5, 5.41) is 0.486. The van der Waals surface area contributed by atoms with Gasteiger partial charge in [0, 0.05) is 17.9 Å². The highest BCUT2D eigenvalue weighted by Gasteiger charge is 2.24. The van der Waals surface area contributed by atoms with Gasteiger partial charge in [-0.05, 0) is 48.7 Å². The van der Waals surface area contributed by atoms with E-state index in [1.165, 1.54) is 0 Å². The quantitative estimate of drug-likeness (QED) is 0.816. The van der Waals surface area contributed by atoms with Crippen LogP contribution in [0.3, 0.4) is 0 Å². The molecular weight excluding hydrogens is 272 g/mol. The van der Waals surface area contributed by atoms with Gasteiger partial charge < -0.3 is 10.6 Å². The van der Waals surface area contributed by atoms with Gasteiger partial charge >= 0.3 is 0 Å². The molecule has 0 spiro atoms. The lowest BCUT2D eigenvalue weighted by Gasteiger charge is -2.30. The molecule has 2 aromatic carbocycles. The van der Waals surface area contributed by atoms with Crippen LogP contribution in [0, 0.1) is 0 Å². The Bertz CT molecular complexity index is 669. The van der Waals surface area contributed by atoms with Crippen molar-refractivity contribution in [3.05, 3.63) is 58.6 Å². The zero-order chi connectivity index (χ0) is 14.1. The number of halogens is 1. The Morgan fingerprint density at radius 2 is 2.00 bits per heavy atom. The van der Waals surface area contributed by atoms with Crippen molar-refractivity contribution in [1.82, 2.24) is 0 Å². The smallest absolute Gasteiger partial charge is 0.259 e. The maximum atomic E-state index is 12.7. The van der Waals surface area contributed by atoms with E-state index in [9.17, 15) is 4.79 Å². The van der Waals surface area contributed by atoms with Crippen molar-refractivity contribution < 1.29 is 4.79 Å². The van der Waals surface area contributed by atoms with E-state index in [0.29, 0.717) is 17.1 Å². The van der Waals surface area contributed by atoms with Crippen LogP contribution in [-0.2, 0) is 6.42 Å². The van der Waals surface area contributed by atoms with Crippen LogP contribution < -0.4 is 10.6 Å². The Hall–Kier alpha value is -2.00. The predicted molar refractivity (Wildman–Crippen MR) is 82.3 cm³/mol. The maximum absolute atomic E-state index is 12.7. The fourth-order valence-electron chi connectivity index (χ4n) is 2.61. The second-order valence-corrected chi connectivity index (χ2v) is 5.34. The molecule has 102 valence electrons. The van der Waals surface area contributed by atoms with Gasteiger partial charge in [0.05, 0.1) is 10.6 Å². The first kappa shape index (κ1) is 13.0. The van der Waals surface area contributed by atoms with E-state index in [-0.39, 0.29) is 5.91 Å². The highest BCUT2D eigenvalue weighted by molar-refractivity contribution is 6.34. The van der Waals surface area contributed by atoms with Crippen molar-refractivity contribution in [2.75, 3.05) is 17.2 Å². The number of carbonyl (C=O) groups excluding carboxylic acids is 1. The van der Waals surface area contributed by atoms with E-state index in [1.807, 2.05) is 30.3 Å². The summed E-state index contributed by atoms with van der Waals surface area (Å²) < 4.78 is 0. The number of carbonyl (C=O) groups is 1. The number of fused-ring (bicyclic) bond motifs is 1. The molecule has 0 fully saturated rings. The summed E-state index contributed by atoms with van der Waals surface area (Å²) in [5.74, 6) is -0.0543. The van der Waals surface area contributed by atoms with E-state index < -0.39 is 0 Å². The first-order valence-corrected chi connectivity index (χ1v) is 6.99. The number of rotatable bonds is 1. The average Bonchev–Trinajstić information content (AvgIpc) is 2.46. The van der Waals surface area contributed by atoms with Gasteiger partial charge in [0.25, 0.3) is 5.91 Å². The number of hydrogen-bond donors (Lipinski definition) is 1. The Morgan fingerprint density at radius 3 is 2.80 bits per heavy atom. The summed E-state index contributed by atoms with van der Waals surface area (Å²) in [7, 11) is 0. The van der Waals surface area contributed by atoms with Gasteiger partial charge in [-0.3, -0.25) is 4.79 Å². The molecule has 1 aliphatic heterocycles. The topological polar surface area (TPSA) is 46.3 Å². The molecule has 0 aromatic heterocycles. The molecule has 0 radical (unpaired) electrons. The number of nitrogens with two attached hydrogens (primary N) is 1. The van der Waals surface area contributed by atoms with Gasteiger partial charge in [0.15, 0.2) is 0 Å². The molecule has 0 aliphatic carbocycles. The Kier molecular flexibility index (Phi) is 3.36. The fourth-order valence-corrected chi connectivity index (χ4v) is 2.82. The molecular formula is C16H15ClN2O. The normalized spacial score (nSPS) is 13.9. The van der Waals surface area contributed by atoms with Crippen molar-refractivity contribution in [1.29, 1.82) is 0 Å². The molecule has 2 aromatic rings. The number of amides is 1. The third kappa shape index (κ3) is 2.25. The van der Waals surface area contributed by atoms with Gasteiger partial charge in [-0.1, -0.05) is 23.7 Å². The van der Waals surface area contributed by atoms with Gasteiger partial charge in [-0.15, -0.1) is 0 Å². The monoisotopic (exact) mass is 286 g/mol. The SMILES string of the molecule is Nc1ccc2c(c1)CCCN2C(=O)c1ccccc1Cl. The van der Waals surface area contributed by atoms with Crippen LogP contribution in [0.5, 0.6) is 0 Å². The third-order valence-corrected chi connectivity index (χ3v) is 3.90. The van der Waals surface area contributed by atoms with Gasteiger partial charge in [-0.25, -0.2) is 0 Å². The third-order valence-electron chi connectivity index (χ3n) is 3.57. The van der Waals surface area contributed by atoms with E-state index in [0.717, 1.165) is 29.8 Å². The summed E-state index contributed by atoms with van der Waals surface area (Å²) in [6.07, 6.45) is 1.89. The average molecular weight is 287 g/mol. The largest absolute Gasteiger partial charge is 0.399 e. The van der Waals surface area contributed by atoms with Crippen LogP contribution >= 0.6 is 11.6 Å². The minimum absolute atomic E-state index is 0.0543. The van der Waals surface area contributed by atoms with Crippen LogP contribution in [0.25, 0.3) is 0 Å². The number of aryl methyl sites for hydroxylation is 1. The van der Waals surface area contributed by atoms with Crippen LogP contribution in [0.15, 0.2) is 42.5 Å². The minimum Gasteiger partial charge on any atom is -0.399 e. The van der Waals surface area contributed by atoms with E-state index in [4.69, 9.17) is 17.3 Å². The van der Waals surface area contributed by atoms with Gasteiger partial charge in [0.2, 0.25) is 0 Å². The molecule has 4 heteroatoms. The highest BCUT2D eigenvalue weighted by Crippen LogP contribution is 2.31. The zero-order valence-corrected chi connectivity index (χ0v) is 11.7. The molecule has 2 N–H and O–H groups in total. The Balaban J connectivity index is 2.01. The molecule has 0 atom stereocenters. The molecule has 1 aliphatic rings. The first-order valence-electron chi connectivity index (χ1n) is 6.61. The van der Waals surface area contributed by atoms with Crippen molar-refractivity contribution in [3.63, 3.8) is 0 Å². The summed E-state index contributed by atoms with van der Waals surface area (Å²) >= 11 is 6.12. The fraction of sp³-hybridized carbons (Fsp3) is 0.188. The number of nitrogen functional groups attached to an aromatic ring is 1. The zero-order valence-electron chi connectivity index (χ0n) is 11.0. The highest BCUT2D eigenvalue weighted by atomic mass is 35.5. The Labute approximate surface area is 123 Å². The molecule has 0 bridgehead atoms. The van der Waals surface area contributed by atoms with E-state index >= 15 is 0 Å². The lowest BCUT2D eigenvalue weighted by atomic mass is 10.00. The van der Waals surface area contributed by atoms with Crippen LogP contribution in [0.1, 0.15) is 22.3 Å². The van der Waals surface area contributed by atoms with Crippen molar-refractivity contribution >= 4 is 28.9 Å². The minimum atomic E-state index is -0.0543. The number of benzene rings is 2. The van der Waals surface area contributed by atoms with E-state index in [2.05, 4.69) is 0 Å². The predicted octanol–water partition coefficient (Wildman–Crippen LogP) is 3.52. The lowest BCUT2D eigenvalue weighted by Crippen LogP contribution is -2.35. The standard InChI is InChI=1S/C16H15ClN2O/c17-14-6-2-1-5-13(14)16(20)19-9-3-4-11-10-12(18)7-8-15(11)19/h1-2,5-8,10H,3-4,9,18H2. The van der Waals surface area contributed by atoms with Gasteiger partial charge in [-0.2, -0.15) is 0 Å². The van der Waals surface area contributed by atoms with Crippen molar-refractivity contribution in [3.8, 4) is 0 Å². The molecule has 1 heterocycles. The Morgan fingerprint density at radius 1 is 1.20 bits per heavy atom. The summed E-state index contributed by atoms with van der Waals surface area (Å²) in [5.41, 5.74) is 9.15. The first-order chi connectivity index (χ1) is 9.66. The molecule has 3 rings (SSSR count). The molecule has 20 heavy (non-hydrogen) atoms. The van der Waals surface area contributed by atoms with Crippen molar-refractivity contribution in [2.45, 2.75) is 12.8 Å². The summed E-state index contributed by atoms with van der Waals surface area (Å²) in [4.78, 5) is 14.5. The number of hydrogen-bond acceptors (Lipinski definition) is 2. The van der Waals surface area contributed by atoms with Crippen LogP contribution in [0.2, 0.25) is 5.02 Å². The molecule has 1 amide bonds. The molecule has 0 saturated heterocycles. The maximum Gasteiger partial charge on any atom is 0.259 e. The van der Waals surface area contributed by atoms with E-state index in [1.54, 1.807) is 17.0 Å². The number of anilines is 2. The molecule has 3 nitrogen and oxygen atoms in total. The molecule has 0 unspecified atom stereocenters. The van der Waals surface area contributed by atoms with Gasteiger partial charge in [0.1, 0.15) is 0 Å². The number of nitrogens with zero attached hydrogens (tertiary/aromatic N) is 1. The van der Waals surface area contributed by atoms with Crippen LogP contribution in [-0.4, -0.2) is 12.5 Å². The summed E-state index contributed by atoms with van der Waals surface area (Å²) in [6.45, 7) is 0.709. The molecule has 0 saturated carbocycles. The second kappa shape index (κ2) is 5.17. The second-order valence-electron chi connectivity index (χ2n) is 4.93. The van der Waals surface area contributed by atoms with Crippen molar-refractivity contribution in [2.24, 2.45) is 0 Å². The lowest BCUT2D eigenvalue weighted by molar-refractivity contribution is 0.0985. The van der Waals surface area contributed by atoms with Crippen LogP contribution in [0.4, 0.5) is 11.4 Å².